The molecule has 0 aliphatic carbocycles. The van der Waals surface area contributed by atoms with Gasteiger partial charge in [-0.2, -0.15) is 0 Å². The number of hydrogen-bond donors (Lipinski definition) is 0. The normalized spacial score (nSPS) is 24.0. The van der Waals surface area contributed by atoms with Crippen LogP contribution in [0.15, 0.2) is 18.3 Å². The van der Waals surface area contributed by atoms with E-state index in [4.69, 9.17) is 9.47 Å². The van der Waals surface area contributed by atoms with Gasteiger partial charge < -0.3 is 24.2 Å². The van der Waals surface area contributed by atoms with E-state index in [1.165, 1.54) is 0 Å². The SMILES string of the molecule is CN1CCN(C(=O)c2ccc(N3CCC4(CC3)OCCO4)cn2)CC1. The van der Waals surface area contributed by atoms with Crippen molar-refractivity contribution in [3.8, 4) is 0 Å². The molecule has 1 aromatic heterocycles. The molecule has 0 bridgehead atoms. The number of rotatable bonds is 2. The lowest BCUT2D eigenvalue weighted by Crippen LogP contribution is -2.47. The fourth-order valence-corrected chi connectivity index (χ4v) is 3.76. The highest BCUT2D eigenvalue weighted by Crippen LogP contribution is 2.33. The van der Waals surface area contributed by atoms with Crippen LogP contribution in [0.2, 0.25) is 0 Å². The number of carbonyl (C=O) groups is 1. The molecule has 0 radical (unpaired) electrons. The summed E-state index contributed by atoms with van der Waals surface area (Å²) in [5, 5.41) is 0. The Balaban J connectivity index is 1.36. The van der Waals surface area contributed by atoms with Gasteiger partial charge in [-0.25, -0.2) is 4.98 Å². The number of aromatic nitrogens is 1. The molecule has 0 N–H and O–H groups in total. The van der Waals surface area contributed by atoms with Crippen LogP contribution in [-0.2, 0) is 9.47 Å². The third kappa shape index (κ3) is 3.49. The maximum absolute atomic E-state index is 12.6. The molecular weight excluding hydrogens is 320 g/mol. The van der Waals surface area contributed by atoms with Gasteiger partial charge in [-0.3, -0.25) is 4.79 Å². The first-order valence-electron chi connectivity index (χ1n) is 9.12. The van der Waals surface area contributed by atoms with Crippen LogP contribution in [0, 0.1) is 0 Å². The second-order valence-electron chi connectivity index (χ2n) is 7.09. The second kappa shape index (κ2) is 6.90. The molecule has 0 aromatic carbocycles. The highest BCUT2D eigenvalue weighted by atomic mass is 16.7. The lowest BCUT2D eigenvalue weighted by molar-refractivity contribution is -0.169. The Morgan fingerprint density at radius 3 is 2.32 bits per heavy atom. The molecule has 4 heterocycles. The van der Waals surface area contributed by atoms with Crippen molar-refractivity contribution in [2.45, 2.75) is 18.6 Å². The number of pyridine rings is 1. The van der Waals surface area contributed by atoms with E-state index in [-0.39, 0.29) is 11.7 Å². The molecule has 7 nitrogen and oxygen atoms in total. The third-order valence-corrected chi connectivity index (χ3v) is 5.46. The molecule has 0 saturated carbocycles. The minimum absolute atomic E-state index is 0.0324. The quantitative estimate of drug-likeness (QED) is 0.790. The fourth-order valence-electron chi connectivity index (χ4n) is 3.76. The zero-order valence-corrected chi connectivity index (χ0v) is 14.8. The minimum atomic E-state index is -0.360. The maximum Gasteiger partial charge on any atom is 0.272 e. The molecule has 1 aromatic rings. The number of ether oxygens (including phenoxy) is 2. The van der Waals surface area contributed by atoms with Crippen LogP contribution < -0.4 is 4.90 Å². The lowest BCUT2D eigenvalue weighted by Gasteiger charge is -2.38. The summed E-state index contributed by atoms with van der Waals surface area (Å²) in [7, 11) is 2.08. The van der Waals surface area contributed by atoms with Crippen LogP contribution in [0.5, 0.6) is 0 Å². The van der Waals surface area contributed by atoms with E-state index in [0.717, 1.165) is 57.8 Å². The first kappa shape index (κ1) is 16.8. The van der Waals surface area contributed by atoms with Crippen molar-refractivity contribution in [3.63, 3.8) is 0 Å². The molecule has 0 unspecified atom stereocenters. The predicted octanol–water partition coefficient (Wildman–Crippen LogP) is 0.813. The lowest BCUT2D eigenvalue weighted by atomic mass is 10.0. The zero-order valence-electron chi connectivity index (χ0n) is 14.8. The van der Waals surface area contributed by atoms with Crippen LogP contribution in [0.4, 0.5) is 5.69 Å². The van der Waals surface area contributed by atoms with Gasteiger partial charge in [0.15, 0.2) is 5.79 Å². The summed E-state index contributed by atoms with van der Waals surface area (Å²) in [4.78, 5) is 23.4. The second-order valence-corrected chi connectivity index (χ2v) is 7.09. The summed E-state index contributed by atoms with van der Waals surface area (Å²) in [6, 6.07) is 3.85. The van der Waals surface area contributed by atoms with Crippen LogP contribution in [0.25, 0.3) is 0 Å². The average Bonchev–Trinajstić information content (AvgIpc) is 3.11. The van der Waals surface area contributed by atoms with Gasteiger partial charge in [0.25, 0.3) is 5.91 Å². The van der Waals surface area contributed by atoms with E-state index in [1.807, 2.05) is 23.2 Å². The molecule has 25 heavy (non-hydrogen) atoms. The Kier molecular flexibility index (Phi) is 4.62. The first-order chi connectivity index (χ1) is 12.2. The van der Waals surface area contributed by atoms with E-state index in [9.17, 15) is 4.79 Å². The largest absolute Gasteiger partial charge is 0.370 e. The maximum atomic E-state index is 12.6. The Morgan fingerprint density at radius 1 is 1.04 bits per heavy atom. The minimum Gasteiger partial charge on any atom is -0.370 e. The highest BCUT2D eigenvalue weighted by molar-refractivity contribution is 5.92. The molecule has 0 atom stereocenters. The van der Waals surface area contributed by atoms with Crippen LogP contribution in [0.1, 0.15) is 23.3 Å². The van der Waals surface area contributed by atoms with E-state index in [1.54, 1.807) is 0 Å². The monoisotopic (exact) mass is 346 g/mol. The molecule has 3 saturated heterocycles. The number of carbonyl (C=O) groups excluding carboxylic acids is 1. The molecule has 3 aliphatic heterocycles. The highest BCUT2D eigenvalue weighted by Gasteiger charge is 2.39. The summed E-state index contributed by atoms with van der Waals surface area (Å²) in [6.45, 7) is 6.54. The summed E-state index contributed by atoms with van der Waals surface area (Å²) in [6.07, 6.45) is 3.56. The summed E-state index contributed by atoms with van der Waals surface area (Å²) in [5.74, 6) is -0.327. The molecule has 1 amide bonds. The van der Waals surface area contributed by atoms with Gasteiger partial charge >= 0.3 is 0 Å². The van der Waals surface area contributed by atoms with E-state index < -0.39 is 0 Å². The van der Waals surface area contributed by atoms with Gasteiger partial charge in [0.1, 0.15) is 5.69 Å². The van der Waals surface area contributed by atoms with Gasteiger partial charge in [0.05, 0.1) is 25.1 Å². The Morgan fingerprint density at radius 2 is 1.72 bits per heavy atom. The van der Waals surface area contributed by atoms with Crippen molar-refractivity contribution >= 4 is 11.6 Å². The van der Waals surface area contributed by atoms with E-state index in [2.05, 4.69) is 21.8 Å². The molecule has 1 spiro atoms. The number of anilines is 1. The Hall–Kier alpha value is -1.70. The van der Waals surface area contributed by atoms with Crippen molar-refractivity contribution in [3.05, 3.63) is 24.0 Å². The first-order valence-corrected chi connectivity index (χ1v) is 9.12. The molecule has 7 heteroatoms. The average molecular weight is 346 g/mol. The fraction of sp³-hybridized carbons (Fsp3) is 0.667. The molecular formula is C18H26N4O3. The van der Waals surface area contributed by atoms with Crippen molar-refractivity contribution in [1.82, 2.24) is 14.8 Å². The van der Waals surface area contributed by atoms with Crippen LogP contribution in [-0.4, -0.2) is 86.0 Å². The predicted molar refractivity (Wildman–Crippen MR) is 93.7 cm³/mol. The van der Waals surface area contributed by atoms with Gasteiger partial charge in [0.2, 0.25) is 0 Å². The van der Waals surface area contributed by atoms with Gasteiger partial charge in [0, 0.05) is 52.1 Å². The third-order valence-electron chi connectivity index (χ3n) is 5.46. The van der Waals surface area contributed by atoms with Gasteiger partial charge in [-0.15, -0.1) is 0 Å². The summed E-state index contributed by atoms with van der Waals surface area (Å²) >= 11 is 0. The van der Waals surface area contributed by atoms with E-state index in [0.29, 0.717) is 18.9 Å². The topological polar surface area (TPSA) is 58.1 Å². The number of amides is 1. The Bertz CT molecular complexity index is 597. The number of hydrogen-bond acceptors (Lipinski definition) is 6. The van der Waals surface area contributed by atoms with Gasteiger partial charge in [-0.05, 0) is 19.2 Å². The van der Waals surface area contributed by atoms with Crippen molar-refractivity contribution in [2.24, 2.45) is 0 Å². The van der Waals surface area contributed by atoms with Crippen molar-refractivity contribution in [1.29, 1.82) is 0 Å². The number of likely N-dealkylation sites (N-methyl/N-ethyl adjacent to an activating group) is 1. The van der Waals surface area contributed by atoms with Crippen LogP contribution >= 0.6 is 0 Å². The zero-order chi connectivity index (χ0) is 17.3. The molecule has 136 valence electrons. The van der Waals surface area contributed by atoms with Crippen molar-refractivity contribution < 1.29 is 14.3 Å². The summed E-state index contributed by atoms with van der Waals surface area (Å²) in [5.41, 5.74) is 1.59. The number of nitrogens with zero attached hydrogens (tertiary/aromatic N) is 4. The number of piperidine rings is 1. The molecule has 3 aliphatic rings. The summed E-state index contributed by atoms with van der Waals surface area (Å²) < 4.78 is 11.5. The standard InChI is InChI=1S/C18H26N4O3/c1-20-8-10-22(11-9-20)17(23)16-3-2-15(14-19-16)21-6-4-18(5-7-21)24-12-13-25-18/h2-3,14H,4-13H2,1H3. The number of piperazine rings is 1. The van der Waals surface area contributed by atoms with Gasteiger partial charge in [-0.1, -0.05) is 0 Å². The Labute approximate surface area is 148 Å². The molecule has 3 fully saturated rings. The van der Waals surface area contributed by atoms with Crippen LogP contribution in [0.3, 0.4) is 0 Å². The van der Waals surface area contributed by atoms with E-state index >= 15 is 0 Å². The smallest absolute Gasteiger partial charge is 0.272 e. The van der Waals surface area contributed by atoms with Crippen molar-refractivity contribution in [2.75, 3.05) is 64.4 Å². The molecule has 4 rings (SSSR count).